The molecule has 3 saturated heterocycles. The molecule has 3 aliphatic heterocycles. The topological polar surface area (TPSA) is 107 Å². The smallest absolute Gasteiger partial charge is 0.310 e. The number of nitrogens with zero attached hydrogens (tertiary/aromatic N) is 2. The van der Waals surface area contributed by atoms with Gasteiger partial charge in [-0.1, -0.05) is 52.3 Å². The lowest BCUT2D eigenvalue weighted by Crippen LogP contribution is -2.56. The number of benzene rings is 1. The fourth-order valence-corrected chi connectivity index (χ4v) is 6.63. The van der Waals surface area contributed by atoms with Gasteiger partial charge >= 0.3 is 5.97 Å². The Morgan fingerprint density at radius 2 is 2.03 bits per heavy atom. The summed E-state index contributed by atoms with van der Waals surface area (Å²) in [7, 11) is 0. The van der Waals surface area contributed by atoms with Gasteiger partial charge in [-0.2, -0.15) is 0 Å². The molecular weight excluding hydrogens is 492 g/mol. The van der Waals surface area contributed by atoms with Crippen LogP contribution >= 0.6 is 15.9 Å². The van der Waals surface area contributed by atoms with E-state index in [0.717, 1.165) is 5.56 Å². The summed E-state index contributed by atoms with van der Waals surface area (Å²) in [5.41, 5.74) is -0.248. The number of aliphatic carboxylic acids is 1. The number of rotatable bonds is 10. The summed E-state index contributed by atoms with van der Waals surface area (Å²) in [5.74, 6) is -3.61. The molecule has 8 nitrogen and oxygen atoms in total. The second kappa shape index (κ2) is 9.56. The van der Waals surface area contributed by atoms with E-state index in [1.165, 1.54) is 4.90 Å². The molecule has 9 heteroatoms. The van der Waals surface area contributed by atoms with Gasteiger partial charge < -0.3 is 24.7 Å². The van der Waals surface area contributed by atoms with Crippen molar-refractivity contribution in [2.24, 2.45) is 11.8 Å². The number of aliphatic hydroxyl groups is 1. The Morgan fingerprint density at radius 1 is 1.30 bits per heavy atom. The van der Waals surface area contributed by atoms with Crippen molar-refractivity contribution >= 4 is 33.7 Å². The number of carboxylic acid groups (broad SMARTS) is 1. The lowest BCUT2D eigenvalue weighted by molar-refractivity contribution is -0.151. The van der Waals surface area contributed by atoms with Crippen LogP contribution in [0.15, 0.2) is 43.0 Å². The van der Waals surface area contributed by atoms with E-state index in [9.17, 15) is 24.6 Å². The molecule has 33 heavy (non-hydrogen) atoms. The third kappa shape index (κ3) is 4.00. The van der Waals surface area contributed by atoms with Crippen molar-refractivity contribution in [3.05, 3.63) is 48.6 Å². The number of ether oxygens (including phenoxy) is 1. The largest absolute Gasteiger partial charge is 0.481 e. The predicted octanol–water partition coefficient (Wildman–Crippen LogP) is 1.81. The molecular formula is C24H29BrN2O6. The van der Waals surface area contributed by atoms with Gasteiger partial charge in [-0.25, -0.2) is 0 Å². The Balaban J connectivity index is 1.71. The number of hydrogen-bond donors (Lipinski definition) is 2. The van der Waals surface area contributed by atoms with E-state index in [-0.39, 0.29) is 36.3 Å². The van der Waals surface area contributed by atoms with Gasteiger partial charge in [-0.15, -0.1) is 6.58 Å². The normalized spacial score (nSPS) is 32.1. The molecule has 2 N–H and O–H groups in total. The maximum Gasteiger partial charge on any atom is 0.310 e. The molecule has 3 heterocycles. The highest BCUT2D eigenvalue weighted by Crippen LogP contribution is 2.60. The molecule has 1 spiro atoms. The van der Waals surface area contributed by atoms with Crippen LogP contribution in [0.5, 0.6) is 0 Å². The van der Waals surface area contributed by atoms with Crippen molar-refractivity contribution in [2.45, 2.75) is 48.4 Å². The molecule has 2 bridgehead atoms. The summed E-state index contributed by atoms with van der Waals surface area (Å²) in [6.45, 7) is 4.65. The zero-order valence-electron chi connectivity index (χ0n) is 18.3. The van der Waals surface area contributed by atoms with Crippen molar-refractivity contribution in [3.63, 3.8) is 0 Å². The molecule has 4 rings (SSSR count). The van der Waals surface area contributed by atoms with Gasteiger partial charge in [0.15, 0.2) is 0 Å². The Bertz CT molecular complexity index is 927. The molecule has 1 aromatic rings. The van der Waals surface area contributed by atoms with Crippen LogP contribution in [-0.4, -0.2) is 80.1 Å². The fraction of sp³-hybridized carbons (Fsp3) is 0.542. The number of aliphatic hydroxyl groups excluding tert-OH is 1. The highest BCUT2D eigenvalue weighted by Gasteiger charge is 2.76. The first kappa shape index (κ1) is 23.9. The van der Waals surface area contributed by atoms with E-state index in [1.54, 1.807) is 11.0 Å². The molecule has 2 amide bonds. The first-order valence-electron chi connectivity index (χ1n) is 11.3. The molecule has 0 radical (unpaired) electrons. The molecule has 3 aliphatic rings. The van der Waals surface area contributed by atoms with Crippen molar-refractivity contribution in [1.29, 1.82) is 0 Å². The second-order valence-electron chi connectivity index (χ2n) is 8.96. The van der Waals surface area contributed by atoms with Crippen LogP contribution in [0.1, 0.15) is 24.8 Å². The number of halogens is 1. The number of carbonyl (C=O) groups excluding carboxylic acids is 2. The minimum absolute atomic E-state index is 0.0222. The van der Waals surface area contributed by atoms with E-state index in [4.69, 9.17) is 4.74 Å². The number of fused-ring (bicyclic) bond motifs is 1. The summed E-state index contributed by atoms with van der Waals surface area (Å²) in [6.07, 6.45) is 2.36. The van der Waals surface area contributed by atoms with Gasteiger partial charge in [-0.05, 0) is 24.8 Å². The number of unbranched alkanes of at least 4 members (excludes halogenated alkanes) is 1. The Kier molecular flexibility index (Phi) is 6.93. The second-order valence-corrected chi connectivity index (χ2v) is 10.1. The molecule has 6 atom stereocenters. The van der Waals surface area contributed by atoms with Crippen molar-refractivity contribution in [3.8, 4) is 0 Å². The van der Waals surface area contributed by atoms with Gasteiger partial charge in [0.05, 0.1) is 17.9 Å². The molecule has 0 saturated carbocycles. The Morgan fingerprint density at radius 3 is 2.67 bits per heavy atom. The van der Waals surface area contributed by atoms with E-state index >= 15 is 0 Å². The number of carbonyl (C=O) groups is 3. The summed E-state index contributed by atoms with van der Waals surface area (Å²) >= 11 is 3.54. The minimum atomic E-state index is -1.19. The van der Waals surface area contributed by atoms with Crippen molar-refractivity contribution < 1.29 is 29.3 Å². The van der Waals surface area contributed by atoms with Crippen LogP contribution in [0.25, 0.3) is 0 Å². The number of amides is 2. The third-order valence-corrected chi connectivity index (χ3v) is 7.84. The highest BCUT2D eigenvalue weighted by molar-refractivity contribution is 9.09. The molecule has 3 unspecified atom stereocenters. The van der Waals surface area contributed by atoms with E-state index in [0.29, 0.717) is 25.8 Å². The van der Waals surface area contributed by atoms with E-state index < -0.39 is 35.6 Å². The summed E-state index contributed by atoms with van der Waals surface area (Å²) in [4.78, 5) is 42.6. The number of carboxylic acids is 1. The molecule has 0 aliphatic carbocycles. The Hall–Kier alpha value is -2.23. The van der Waals surface area contributed by atoms with Crippen LogP contribution in [0.3, 0.4) is 0 Å². The van der Waals surface area contributed by atoms with Crippen LogP contribution in [0.2, 0.25) is 0 Å². The molecule has 1 aromatic carbocycles. The van der Waals surface area contributed by atoms with Crippen molar-refractivity contribution in [2.75, 3.05) is 19.7 Å². The quantitative estimate of drug-likeness (QED) is 0.276. The van der Waals surface area contributed by atoms with Gasteiger partial charge in [-0.3, -0.25) is 14.4 Å². The Labute approximate surface area is 201 Å². The zero-order chi connectivity index (χ0) is 23.8. The first-order valence-corrected chi connectivity index (χ1v) is 12.2. The average Bonchev–Trinajstić information content (AvgIpc) is 3.38. The lowest BCUT2D eigenvalue weighted by Gasteiger charge is -2.37. The SMILES string of the molecule is C=CCN(Cc1ccccc1)C(=O)C1N(CCCCO)C(=O)[C@@H]2[C@H](C(=O)O)[C@H]3OC12CC3Br. The third-order valence-electron chi connectivity index (χ3n) is 6.99. The molecule has 178 valence electrons. The van der Waals surface area contributed by atoms with Crippen molar-refractivity contribution in [1.82, 2.24) is 9.80 Å². The summed E-state index contributed by atoms with van der Waals surface area (Å²) in [6, 6.07) is 8.63. The average molecular weight is 521 g/mol. The number of likely N-dealkylation sites (tertiary alicyclic amines) is 1. The van der Waals surface area contributed by atoms with E-state index in [1.807, 2.05) is 30.3 Å². The standard InChI is InChI=1S/C24H29BrN2O6/c1-2-10-26(14-15-8-4-3-5-9-15)22(30)20-24-13-16(25)19(33-24)17(23(31)32)18(24)21(29)27(20)11-6-7-12-28/h2-5,8-9,16-20,28H,1,6-7,10-14H2,(H,31,32)/t16?,17-,18-,19-,20?,24?/m0/s1. The van der Waals surface area contributed by atoms with Crippen LogP contribution in [0.4, 0.5) is 0 Å². The number of alkyl halides is 1. The number of hydrogen-bond acceptors (Lipinski definition) is 5. The van der Waals surface area contributed by atoms with Crippen LogP contribution < -0.4 is 0 Å². The van der Waals surface area contributed by atoms with Gasteiger partial charge in [0.2, 0.25) is 11.8 Å². The van der Waals surface area contributed by atoms with Crippen LogP contribution in [-0.2, 0) is 25.7 Å². The summed E-state index contributed by atoms with van der Waals surface area (Å²) in [5, 5.41) is 19.1. The lowest BCUT2D eigenvalue weighted by atomic mass is 9.70. The van der Waals surface area contributed by atoms with Crippen LogP contribution in [0, 0.1) is 11.8 Å². The monoisotopic (exact) mass is 520 g/mol. The summed E-state index contributed by atoms with van der Waals surface area (Å²) < 4.78 is 6.28. The highest BCUT2D eigenvalue weighted by atomic mass is 79.9. The minimum Gasteiger partial charge on any atom is -0.481 e. The predicted molar refractivity (Wildman–Crippen MR) is 123 cm³/mol. The van der Waals surface area contributed by atoms with Gasteiger partial charge in [0, 0.05) is 31.1 Å². The molecule has 0 aromatic heterocycles. The van der Waals surface area contributed by atoms with E-state index in [2.05, 4.69) is 22.5 Å². The maximum atomic E-state index is 14.0. The maximum absolute atomic E-state index is 14.0. The van der Waals surface area contributed by atoms with Gasteiger partial charge in [0.25, 0.3) is 0 Å². The first-order chi connectivity index (χ1) is 15.9. The fourth-order valence-electron chi connectivity index (χ4n) is 5.69. The zero-order valence-corrected chi connectivity index (χ0v) is 19.9. The molecule has 3 fully saturated rings. The van der Waals surface area contributed by atoms with Gasteiger partial charge in [0.1, 0.15) is 11.6 Å².